The minimum atomic E-state index is 0.0174. The van der Waals surface area contributed by atoms with Gasteiger partial charge in [0.1, 0.15) is 5.82 Å². The van der Waals surface area contributed by atoms with Gasteiger partial charge in [-0.1, -0.05) is 19.3 Å². The lowest BCUT2D eigenvalue weighted by molar-refractivity contribution is 0.0462. The van der Waals surface area contributed by atoms with Gasteiger partial charge in [-0.3, -0.25) is 9.89 Å². The number of carbonyl (C=O) groups is 1. The molecular formula is C16H24N4O. The van der Waals surface area contributed by atoms with Crippen molar-refractivity contribution in [2.24, 2.45) is 5.41 Å². The molecule has 3 aliphatic rings. The first-order valence-corrected chi connectivity index (χ1v) is 8.47. The summed E-state index contributed by atoms with van der Waals surface area (Å²) in [5, 5.41) is 7.07. The van der Waals surface area contributed by atoms with Crippen molar-refractivity contribution in [3.8, 4) is 0 Å². The fourth-order valence-corrected chi connectivity index (χ4v) is 4.04. The minimum absolute atomic E-state index is 0.0174. The molecule has 0 unspecified atom stereocenters. The lowest BCUT2D eigenvalue weighted by Crippen LogP contribution is -2.44. The summed E-state index contributed by atoms with van der Waals surface area (Å²) in [4.78, 5) is 18.9. The van der Waals surface area contributed by atoms with Crippen LogP contribution in [0.2, 0.25) is 0 Å². The molecule has 0 bridgehead atoms. The number of nitrogens with one attached hydrogen (secondary N) is 1. The van der Waals surface area contributed by atoms with Gasteiger partial charge in [0.15, 0.2) is 0 Å². The monoisotopic (exact) mass is 288 g/mol. The molecule has 3 fully saturated rings. The van der Waals surface area contributed by atoms with Crippen LogP contribution in [0.15, 0.2) is 0 Å². The highest BCUT2D eigenvalue weighted by atomic mass is 16.2. The summed E-state index contributed by atoms with van der Waals surface area (Å²) in [6.45, 7) is 1.76. The van der Waals surface area contributed by atoms with Crippen molar-refractivity contribution in [1.82, 2.24) is 20.1 Å². The van der Waals surface area contributed by atoms with Crippen LogP contribution in [0.5, 0.6) is 0 Å². The molecule has 0 aromatic carbocycles. The van der Waals surface area contributed by atoms with Gasteiger partial charge in [-0.2, -0.15) is 0 Å². The fraction of sp³-hybridized carbons (Fsp3) is 0.812. The Morgan fingerprint density at radius 2 is 1.81 bits per heavy atom. The first-order valence-electron chi connectivity index (χ1n) is 8.47. The molecule has 114 valence electrons. The summed E-state index contributed by atoms with van der Waals surface area (Å²) >= 11 is 0. The third kappa shape index (κ3) is 2.58. The Kier molecular flexibility index (Phi) is 3.23. The summed E-state index contributed by atoms with van der Waals surface area (Å²) in [6.07, 6.45) is 11.6. The first-order chi connectivity index (χ1) is 10.3. The summed E-state index contributed by atoms with van der Waals surface area (Å²) < 4.78 is 0. The van der Waals surface area contributed by atoms with E-state index < -0.39 is 0 Å². The van der Waals surface area contributed by atoms with E-state index in [0.717, 1.165) is 18.9 Å². The average molecular weight is 288 g/mol. The molecule has 1 aromatic heterocycles. The maximum Gasteiger partial charge on any atom is 0.293 e. The van der Waals surface area contributed by atoms with Crippen molar-refractivity contribution in [3.05, 3.63) is 11.6 Å². The van der Waals surface area contributed by atoms with E-state index in [9.17, 15) is 4.79 Å². The van der Waals surface area contributed by atoms with Gasteiger partial charge in [0.2, 0.25) is 5.82 Å². The Morgan fingerprint density at radius 1 is 1.10 bits per heavy atom. The smallest absolute Gasteiger partial charge is 0.293 e. The van der Waals surface area contributed by atoms with Crippen molar-refractivity contribution in [2.45, 2.75) is 63.7 Å². The van der Waals surface area contributed by atoms with E-state index >= 15 is 0 Å². The zero-order valence-electron chi connectivity index (χ0n) is 12.6. The molecular weight excluding hydrogens is 264 g/mol. The largest absolute Gasteiger partial charge is 0.336 e. The highest BCUT2D eigenvalue weighted by molar-refractivity contribution is 5.90. The van der Waals surface area contributed by atoms with Crippen LogP contribution in [0, 0.1) is 5.41 Å². The zero-order valence-corrected chi connectivity index (χ0v) is 12.6. The molecule has 0 atom stereocenters. The highest BCUT2D eigenvalue weighted by Gasteiger charge is 2.37. The fourth-order valence-electron chi connectivity index (χ4n) is 4.04. The number of nitrogens with zero attached hydrogens (tertiary/aromatic N) is 3. The number of hydrogen-bond donors (Lipinski definition) is 1. The molecule has 2 saturated carbocycles. The lowest BCUT2D eigenvalue weighted by Gasteiger charge is -2.44. The van der Waals surface area contributed by atoms with Crippen LogP contribution in [0.4, 0.5) is 0 Å². The van der Waals surface area contributed by atoms with Crippen LogP contribution in [-0.2, 0) is 0 Å². The summed E-state index contributed by atoms with van der Waals surface area (Å²) in [7, 11) is 0. The Morgan fingerprint density at radius 3 is 2.48 bits per heavy atom. The molecule has 1 N–H and O–H groups in total. The minimum Gasteiger partial charge on any atom is -0.336 e. The summed E-state index contributed by atoms with van der Waals surface area (Å²) in [5.41, 5.74) is 0.535. The number of likely N-dealkylation sites (tertiary alicyclic amines) is 1. The number of carbonyl (C=O) groups excluding carboxylic acids is 1. The second-order valence-electron chi connectivity index (χ2n) is 7.17. The molecule has 21 heavy (non-hydrogen) atoms. The van der Waals surface area contributed by atoms with E-state index in [1.54, 1.807) is 0 Å². The van der Waals surface area contributed by atoms with Gasteiger partial charge in [0, 0.05) is 19.0 Å². The van der Waals surface area contributed by atoms with Crippen molar-refractivity contribution in [1.29, 1.82) is 0 Å². The Balaban J connectivity index is 1.39. The Hall–Kier alpha value is -1.39. The van der Waals surface area contributed by atoms with Crippen molar-refractivity contribution in [3.63, 3.8) is 0 Å². The van der Waals surface area contributed by atoms with Crippen LogP contribution in [-0.4, -0.2) is 39.1 Å². The van der Waals surface area contributed by atoms with Crippen LogP contribution >= 0.6 is 0 Å². The number of hydrogen-bond acceptors (Lipinski definition) is 3. The topological polar surface area (TPSA) is 61.9 Å². The third-order valence-electron chi connectivity index (χ3n) is 5.68. The van der Waals surface area contributed by atoms with E-state index in [2.05, 4.69) is 15.2 Å². The van der Waals surface area contributed by atoms with E-state index in [1.807, 2.05) is 4.90 Å². The van der Waals surface area contributed by atoms with Gasteiger partial charge in [-0.25, -0.2) is 4.98 Å². The molecule has 1 aromatic rings. The summed E-state index contributed by atoms with van der Waals surface area (Å²) in [6, 6.07) is 0. The first kappa shape index (κ1) is 13.3. The lowest BCUT2D eigenvalue weighted by atomic mass is 9.68. The van der Waals surface area contributed by atoms with Crippen LogP contribution < -0.4 is 0 Å². The Labute approximate surface area is 125 Å². The predicted octanol–water partition coefficient (Wildman–Crippen LogP) is 2.87. The maximum atomic E-state index is 12.5. The molecule has 0 radical (unpaired) electrons. The van der Waals surface area contributed by atoms with Crippen LogP contribution in [0.1, 0.15) is 80.1 Å². The molecule has 1 saturated heterocycles. The zero-order chi connectivity index (χ0) is 14.3. The quantitative estimate of drug-likeness (QED) is 0.910. The second-order valence-corrected chi connectivity index (χ2v) is 7.17. The maximum absolute atomic E-state index is 12.5. The molecule has 1 amide bonds. The SMILES string of the molecule is O=C(c1n[nH]c(C2CC2)n1)N1CCC2(CCCCC2)CC1. The summed E-state index contributed by atoms with van der Waals surface area (Å²) in [5.74, 6) is 1.81. The van der Waals surface area contributed by atoms with Gasteiger partial charge in [0.05, 0.1) is 0 Å². The molecule has 1 spiro atoms. The Bertz CT molecular complexity index is 518. The highest BCUT2D eigenvalue weighted by Crippen LogP contribution is 2.44. The number of aromatic amines is 1. The molecule has 5 heteroatoms. The molecule has 2 aliphatic carbocycles. The molecule has 1 aliphatic heterocycles. The second kappa shape index (κ2) is 5.11. The van der Waals surface area contributed by atoms with E-state index in [4.69, 9.17) is 0 Å². The standard InChI is InChI=1S/C16H24N4O/c21-15(14-17-13(18-19-14)12-4-5-12)20-10-8-16(9-11-20)6-2-1-3-7-16/h12H,1-11H2,(H,17,18,19). The van der Waals surface area contributed by atoms with Gasteiger partial charge in [-0.15, -0.1) is 5.10 Å². The number of H-pyrrole nitrogens is 1. The molecule has 4 rings (SSSR count). The van der Waals surface area contributed by atoms with Gasteiger partial charge < -0.3 is 4.90 Å². The third-order valence-corrected chi connectivity index (χ3v) is 5.68. The van der Waals surface area contributed by atoms with E-state index in [1.165, 1.54) is 57.8 Å². The number of rotatable bonds is 2. The molecule has 2 heterocycles. The number of amides is 1. The van der Waals surface area contributed by atoms with E-state index in [0.29, 0.717) is 17.2 Å². The van der Waals surface area contributed by atoms with Crippen molar-refractivity contribution >= 4 is 5.91 Å². The van der Waals surface area contributed by atoms with Crippen LogP contribution in [0.3, 0.4) is 0 Å². The number of piperidine rings is 1. The van der Waals surface area contributed by atoms with Gasteiger partial charge >= 0.3 is 0 Å². The normalized spacial score (nSPS) is 25.2. The molecule has 5 nitrogen and oxygen atoms in total. The predicted molar refractivity (Wildman–Crippen MR) is 79.0 cm³/mol. The average Bonchev–Trinajstić information content (AvgIpc) is 3.26. The van der Waals surface area contributed by atoms with Gasteiger partial charge in [-0.05, 0) is 43.9 Å². The van der Waals surface area contributed by atoms with Crippen LogP contribution in [0.25, 0.3) is 0 Å². The van der Waals surface area contributed by atoms with E-state index in [-0.39, 0.29) is 5.91 Å². The van der Waals surface area contributed by atoms with Gasteiger partial charge in [0.25, 0.3) is 5.91 Å². The number of aromatic nitrogens is 3. The van der Waals surface area contributed by atoms with Crippen molar-refractivity contribution in [2.75, 3.05) is 13.1 Å². The van der Waals surface area contributed by atoms with Crippen molar-refractivity contribution < 1.29 is 4.79 Å².